The first kappa shape index (κ1) is 25.0. The minimum atomic E-state index is -0.264. The lowest BCUT2D eigenvalue weighted by molar-refractivity contribution is -0.125. The zero-order valence-corrected chi connectivity index (χ0v) is 22.2. The Bertz CT molecular complexity index is 1530. The highest BCUT2D eigenvalue weighted by atomic mass is 19.1. The molecule has 10 heteroatoms. The van der Waals surface area contributed by atoms with Crippen LogP contribution >= 0.6 is 0 Å². The zero-order chi connectivity index (χ0) is 27.1. The van der Waals surface area contributed by atoms with Crippen LogP contribution in [0.15, 0.2) is 60.8 Å². The Morgan fingerprint density at radius 2 is 1.82 bits per heavy atom. The van der Waals surface area contributed by atoms with Gasteiger partial charge in [0.1, 0.15) is 23.1 Å². The number of hydrogen-bond acceptors (Lipinski definition) is 7. The maximum Gasteiger partial charge on any atom is 0.223 e. The van der Waals surface area contributed by atoms with Crippen molar-refractivity contribution in [1.82, 2.24) is 24.9 Å². The van der Waals surface area contributed by atoms with Crippen molar-refractivity contribution in [3.63, 3.8) is 0 Å². The topological polar surface area (TPSA) is 87.9 Å². The molecule has 0 spiro atoms. The summed E-state index contributed by atoms with van der Waals surface area (Å²) in [5.74, 6) is 1.69. The van der Waals surface area contributed by atoms with Gasteiger partial charge in [-0.05, 0) is 67.6 Å². The molecule has 4 aromatic rings. The second kappa shape index (κ2) is 10.5. The fraction of sp³-hybridized carbons (Fsp3) is 0.400. The fourth-order valence-electron chi connectivity index (χ4n) is 5.72. The first-order valence-electron chi connectivity index (χ1n) is 14.1. The fourth-order valence-corrected chi connectivity index (χ4v) is 5.72. The number of nitrogens with one attached hydrogen (secondary N) is 1. The van der Waals surface area contributed by atoms with E-state index < -0.39 is 0 Å². The van der Waals surface area contributed by atoms with Gasteiger partial charge in [-0.1, -0.05) is 18.2 Å². The van der Waals surface area contributed by atoms with Crippen molar-refractivity contribution in [2.75, 3.05) is 42.6 Å². The van der Waals surface area contributed by atoms with Crippen LogP contribution in [-0.4, -0.2) is 64.4 Å². The lowest BCUT2D eigenvalue weighted by Gasteiger charge is -2.36. The number of ether oxygens (including phenoxy) is 1. The second-order valence-corrected chi connectivity index (χ2v) is 10.9. The molecule has 0 radical (unpaired) electrons. The number of amides is 1. The molecule has 1 aromatic carbocycles. The van der Waals surface area contributed by atoms with Gasteiger partial charge in [0, 0.05) is 31.6 Å². The first-order chi connectivity index (χ1) is 19.6. The van der Waals surface area contributed by atoms with Gasteiger partial charge in [0.25, 0.3) is 0 Å². The monoisotopic (exact) mass is 541 g/mol. The number of carbonyl (C=O) groups is 1. The van der Waals surface area contributed by atoms with E-state index >= 15 is 0 Å². The van der Waals surface area contributed by atoms with Gasteiger partial charge in [-0.2, -0.15) is 0 Å². The quantitative estimate of drug-likeness (QED) is 0.395. The van der Waals surface area contributed by atoms with E-state index in [-0.39, 0.29) is 23.7 Å². The predicted octanol–water partition coefficient (Wildman–Crippen LogP) is 4.00. The van der Waals surface area contributed by atoms with Crippen molar-refractivity contribution in [3.8, 4) is 11.4 Å². The summed E-state index contributed by atoms with van der Waals surface area (Å²) < 4.78 is 21.6. The third-order valence-corrected chi connectivity index (χ3v) is 8.11. The Morgan fingerprint density at radius 3 is 2.65 bits per heavy atom. The molecular weight excluding hydrogens is 509 g/mol. The van der Waals surface area contributed by atoms with Crippen molar-refractivity contribution in [3.05, 3.63) is 72.2 Å². The van der Waals surface area contributed by atoms with E-state index in [1.54, 1.807) is 18.3 Å². The molecule has 206 valence electrons. The SMILES string of the molecule is O=C(NC1CC1)C1CCN(c2cccc(-c3cnc4ccc(N5CCOCC5c5cccc(F)c5)nn34)n2)CC1. The van der Waals surface area contributed by atoms with Gasteiger partial charge in [-0.15, -0.1) is 5.10 Å². The van der Waals surface area contributed by atoms with E-state index in [4.69, 9.17) is 14.8 Å². The molecule has 3 aliphatic rings. The number of imidazole rings is 1. The van der Waals surface area contributed by atoms with Crippen LogP contribution in [0.5, 0.6) is 0 Å². The molecule has 5 heterocycles. The van der Waals surface area contributed by atoms with E-state index in [9.17, 15) is 9.18 Å². The highest BCUT2D eigenvalue weighted by Crippen LogP contribution is 2.31. The Morgan fingerprint density at radius 1 is 0.975 bits per heavy atom. The number of rotatable bonds is 6. The van der Waals surface area contributed by atoms with Crippen LogP contribution in [0.3, 0.4) is 0 Å². The minimum absolute atomic E-state index is 0.0813. The number of pyridine rings is 1. The lowest BCUT2D eigenvalue weighted by atomic mass is 9.96. The number of piperidine rings is 1. The van der Waals surface area contributed by atoms with Crippen molar-refractivity contribution in [2.45, 2.75) is 37.8 Å². The van der Waals surface area contributed by atoms with Crippen molar-refractivity contribution >= 4 is 23.2 Å². The third kappa shape index (κ3) is 4.99. The van der Waals surface area contributed by atoms with E-state index in [0.717, 1.165) is 73.0 Å². The van der Waals surface area contributed by atoms with Gasteiger partial charge in [0.05, 0.1) is 31.1 Å². The average molecular weight is 542 g/mol. The molecule has 2 aliphatic heterocycles. The molecule has 1 amide bonds. The molecule has 3 fully saturated rings. The maximum atomic E-state index is 14.0. The van der Waals surface area contributed by atoms with Gasteiger partial charge in [0.15, 0.2) is 5.65 Å². The number of hydrogen-bond donors (Lipinski definition) is 1. The summed E-state index contributed by atoms with van der Waals surface area (Å²) >= 11 is 0. The second-order valence-electron chi connectivity index (χ2n) is 10.9. The largest absolute Gasteiger partial charge is 0.377 e. The molecule has 2 saturated heterocycles. The van der Waals surface area contributed by atoms with E-state index in [2.05, 4.69) is 20.1 Å². The molecule has 1 aliphatic carbocycles. The van der Waals surface area contributed by atoms with Crippen molar-refractivity contribution in [1.29, 1.82) is 0 Å². The highest BCUT2D eigenvalue weighted by molar-refractivity contribution is 5.79. The standard InChI is InChI=1S/C30H32FN7O2/c31-22-4-1-3-21(17-22)26-19-40-16-15-37(26)29-10-9-27-32-18-25(38(27)35-29)24-5-2-6-28(34-24)36-13-11-20(12-14-36)30(39)33-23-7-8-23/h1-6,9-10,17-18,20,23,26H,7-8,11-16,19H2,(H,33,39). The van der Waals surface area contributed by atoms with Gasteiger partial charge in [0.2, 0.25) is 5.91 Å². The Kier molecular flexibility index (Phi) is 6.55. The summed E-state index contributed by atoms with van der Waals surface area (Å²) in [5.41, 5.74) is 3.17. The summed E-state index contributed by atoms with van der Waals surface area (Å²) in [4.78, 5) is 26.5. The molecule has 1 N–H and O–H groups in total. The molecule has 40 heavy (non-hydrogen) atoms. The molecule has 3 aromatic heterocycles. The lowest BCUT2D eigenvalue weighted by Crippen LogP contribution is -2.41. The van der Waals surface area contributed by atoms with Crippen LogP contribution in [0.1, 0.15) is 37.3 Å². The van der Waals surface area contributed by atoms with Crippen LogP contribution in [0.25, 0.3) is 17.0 Å². The Labute approximate surface area is 232 Å². The van der Waals surface area contributed by atoms with Crippen LogP contribution in [-0.2, 0) is 9.53 Å². The van der Waals surface area contributed by atoms with Gasteiger partial charge in [-0.3, -0.25) is 4.79 Å². The molecule has 7 rings (SSSR count). The molecular formula is C30H32FN7O2. The normalized spacial score (nSPS) is 20.2. The number of fused-ring (bicyclic) bond motifs is 1. The van der Waals surface area contributed by atoms with Gasteiger partial charge in [-0.25, -0.2) is 18.9 Å². The summed E-state index contributed by atoms with van der Waals surface area (Å²) in [6, 6.07) is 16.8. The van der Waals surface area contributed by atoms with E-state index in [1.807, 2.05) is 40.9 Å². The summed E-state index contributed by atoms with van der Waals surface area (Å²) in [6.07, 6.45) is 5.69. The number of aromatic nitrogens is 4. The zero-order valence-electron chi connectivity index (χ0n) is 22.2. The van der Waals surface area contributed by atoms with Gasteiger partial charge >= 0.3 is 0 Å². The third-order valence-electron chi connectivity index (χ3n) is 8.11. The van der Waals surface area contributed by atoms with Gasteiger partial charge < -0.3 is 19.9 Å². The highest BCUT2D eigenvalue weighted by Gasteiger charge is 2.31. The smallest absolute Gasteiger partial charge is 0.223 e. The molecule has 0 bridgehead atoms. The van der Waals surface area contributed by atoms with Crippen LogP contribution in [0.2, 0.25) is 0 Å². The number of anilines is 2. The number of halogens is 1. The van der Waals surface area contributed by atoms with Crippen LogP contribution in [0.4, 0.5) is 16.0 Å². The summed E-state index contributed by atoms with van der Waals surface area (Å²) in [7, 11) is 0. The Balaban J connectivity index is 1.13. The van der Waals surface area contributed by atoms with Crippen LogP contribution < -0.4 is 15.1 Å². The van der Waals surface area contributed by atoms with E-state index in [1.165, 1.54) is 6.07 Å². The number of nitrogens with zero attached hydrogens (tertiary/aromatic N) is 6. The van der Waals surface area contributed by atoms with Crippen molar-refractivity contribution in [2.24, 2.45) is 5.92 Å². The average Bonchev–Trinajstić information content (AvgIpc) is 3.72. The maximum absolute atomic E-state index is 14.0. The minimum Gasteiger partial charge on any atom is -0.377 e. The summed E-state index contributed by atoms with van der Waals surface area (Å²) in [5, 5.41) is 8.11. The van der Waals surface area contributed by atoms with E-state index in [0.29, 0.717) is 25.8 Å². The number of carbonyl (C=O) groups excluding carboxylic acids is 1. The molecule has 1 atom stereocenters. The van der Waals surface area contributed by atoms with Crippen LogP contribution in [0, 0.1) is 11.7 Å². The van der Waals surface area contributed by atoms with Crippen molar-refractivity contribution < 1.29 is 13.9 Å². The molecule has 9 nitrogen and oxygen atoms in total. The summed E-state index contributed by atoms with van der Waals surface area (Å²) in [6.45, 7) is 3.28. The Hall–Kier alpha value is -4.05. The first-order valence-corrected chi connectivity index (χ1v) is 14.1. The predicted molar refractivity (Wildman–Crippen MR) is 150 cm³/mol. The number of benzene rings is 1. The number of morpholine rings is 1. The molecule has 1 unspecified atom stereocenters. The molecule has 1 saturated carbocycles.